The van der Waals surface area contributed by atoms with E-state index in [0.717, 1.165) is 30.0 Å². The van der Waals surface area contributed by atoms with Crippen LogP contribution < -0.4 is 10.6 Å². The molecule has 1 atom stereocenters. The molecule has 0 bridgehead atoms. The van der Waals surface area contributed by atoms with Crippen LogP contribution in [-0.4, -0.2) is 46.4 Å². The van der Waals surface area contributed by atoms with Crippen molar-refractivity contribution in [3.8, 4) is 11.3 Å². The number of rotatable bonds is 5. The molecule has 0 radical (unpaired) electrons. The lowest BCUT2D eigenvalue weighted by molar-refractivity contribution is 0.162. The van der Waals surface area contributed by atoms with E-state index < -0.39 is 0 Å². The van der Waals surface area contributed by atoms with E-state index in [1.54, 1.807) is 4.68 Å². The van der Waals surface area contributed by atoms with Gasteiger partial charge in [0.2, 0.25) is 0 Å². The first-order valence-corrected chi connectivity index (χ1v) is 9.01. The number of hydrogen-bond acceptors (Lipinski definition) is 3. The van der Waals surface area contributed by atoms with Gasteiger partial charge < -0.3 is 10.6 Å². The van der Waals surface area contributed by atoms with Crippen molar-refractivity contribution < 1.29 is 4.79 Å². The average Bonchev–Trinajstić information content (AvgIpc) is 2.97. The predicted molar refractivity (Wildman–Crippen MR) is 101 cm³/mol. The number of piperidine rings is 1. The maximum absolute atomic E-state index is 12.3. The van der Waals surface area contributed by atoms with E-state index in [1.165, 1.54) is 19.3 Å². The lowest BCUT2D eigenvalue weighted by atomic mass is 10.0. The van der Waals surface area contributed by atoms with Crippen LogP contribution in [0.4, 0.5) is 10.5 Å². The van der Waals surface area contributed by atoms with Gasteiger partial charge in [0.25, 0.3) is 0 Å². The van der Waals surface area contributed by atoms with Gasteiger partial charge in [-0.25, -0.2) is 4.79 Å². The molecule has 1 fully saturated rings. The molecule has 0 aliphatic carbocycles. The molecule has 0 spiro atoms. The van der Waals surface area contributed by atoms with Gasteiger partial charge in [0.15, 0.2) is 0 Å². The minimum atomic E-state index is -0.185. The summed E-state index contributed by atoms with van der Waals surface area (Å²) in [5, 5.41) is 10.3. The Labute approximate surface area is 149 Å². The number of benzene rings is 1. The average molecular weight is 341 g/mol. The zero-order valence-electron chi connectivity index (χ0n) is 15.0. The molecule has 2 N–H and O–H groups in total. The summed E-state index contributed by atoms with van der Waals surface area (Å²) in [5.41, 5.74) is 2.49. The number of urea groups is 1. The molecule has 0 saturated carbocycles. The fraction of sp³-hybridized carbons (Fsp3) is 0.474. The molecule has 1 aliphatic heterocycles. The summed E-state index contributed by atoms with van der Waals surface area (Å²) in [4.78, 5) is 14.7. The van der Waals surface area contributed by atoms with E-state index in [0.29, 0.717) is 12.6 Å². The third-order valence-electron chi connectivity index (χ3n) is 4.75. The Morgan fingerprint density at radius 3 is 2.84 bits per heavy atom. The fourth-order valence-electron chi connectivity index (χ4n) is 3.36. The third kappa shape index (κ3) is 4.60. The highest BCUT2D eigenvalue weighted by molar-refractivity contribution is 5.93. The van der Waals surface area contributed by atoms with Crippen LogP contribution in [0.25, 0.3) is 11.3 Å². The Balaban J connectivity index is 1.55. The molecule has 25 heavy (non-hydrogen) atoms. The van der Waals surface area contributed by atoms with E-state index >= 15 is 0 Å². The van der Waals surface area contributed by atoms with Crippen LogP contribution >= 0.6 is 0 Å². The number of nitrogens with zero attached hydrogens (tertiary/aromatic N) is 3. The summed E-state index contributed by atoms with van der Waals surface area (Å²) in [7, 11) is 1.85. The van der Waals surface area contributed by atoms with Crippen LogP contribution in [0.1, 0.15) is 26.2 Å². The van der Waals surface area contributed by atoms with Crippen molar-refractivity contribution in [2.75, 3.05) is 25.0 Å². The zero-order valence-corrected chi connectivity index (χ0v) is 15.0. The van der Waals surface area contributed by atoms with Crippen molar-refractivity contribution in [1.82, 2.24) is 20.0 Å². The highest BCUT2D eigenvalue weighted by Gasteiger charge is 2.18. The molecule has 0 unspecified atom stereocenters. The quantitative estimate of drug-likeness (QED) is 0.878. The summed E-state index contributed by atoms with van der Waals surface area (Å²) in [6.07, 6.45) is 5.65. The van der Waals surface area contributed by atoms with Gasteiger partial charge in [0.05, 0.1) is 5.69 Å². The minimum Gasteiger partial charge on any atom is -0.337 e. The van der Waals surface area contributed by atoms with E-state index in [4.69, 9.17) is 0 Å². The summed E-state index contributed by atoms with van der Waals surface area (Å²) in [6, 6.07) is 10.3. The molecule has 6 heteroatoms. The van der Waals surface area contributed by atoms with Gasteiger partial charge in [-0.15, -0.1) is 0 Å². The molecular formula is C19H27N5O. The number of aromatic nitrogens is 2. The molecule has 6 nitrogen and oxygen atoms in total. The first-order chi connectivity index (χ1) is 12.1. The summed E-state index contributed by atoms with van der Waals surface area (Å²) in [6.45, 7) is 4.94. The number of hydrogen-bond donors (Lipinski definition) is 2. The molecule has 1 aliphatic rings. The number of amides is 2. The highest BCUT2D eigenvalue weighted by atomic mass is 16.2. The van der Waals surface area contributed by atoms with Crippen LogP contribution in [0, 0.1) is 0 Å². The van der Waals surface area contributed by atoms with Gasteiger partial charge in [0, 0.05) is 37.9 Å². The summed E-state index contributed by atoms with van der Waals surface area (Å²) in [5.74, 6) is 0. The molecular weight excluding hydrogens is 314 g/mol. The zero-order chi connectivity index (χ0) is 17.6. The summed E-state index contributed by atoms with van der Waals surface area (Å²) >= 11 is 0. The lowest BCUT2D eigenvalue weighted by Gasteiger charge is -2.33. The Bertz CT molecular complexity index is 697. The second-order valence-corrected chi connectivity index (χ2v) is 6.69. The second-order valence-electron chi connectivity index (χ2n) is 6.69. The third-order valence-corrected chi connectivity index (χ3v) is 4.75. The Morgan fingerprint density at radius 2 is 2.08 bits per heavy atom. The van der Waals surface area contributed by atoms with E-state index in [9.17, 15) is 4.79 Å². The second kappa shape index (κ2) is 8.16. The van der Waals surface area contributed by atoms with Crippen LogP contribution in [0.3, 0.4) is 0 Å². The van der Waals surface area contributed by atoms with Gasteiger partial charge in [-0.3, -0.25) is 9.58 Å². The predicted octanol–water partition coefficient (Wildman–Crippen LogP) is 3.08. The van der Waals surface area contributed by atoms with Gasteiger partial charge in [-0.1, -0.05) is 36.8 Å². The van der Waals surface area contributed by atoms with E-state index in [-0.39, 0.29) is 6.03 Å². The van der Waals surface area contributed by atoms with Gasteiger partial charge in [-0.2, -0.15) is 5.10 Å². The minimum absolute atomic E-state index is 0.185. The molecule has 2 aromatic rings. The SMILES string of the molecule is C[C@H]1CCCCN1CCNC(=O)Nc1cn(C)nc1-c1ccccc1. The number of aryl methyl sites for hydroxylation is 1. The van der Waals surface area contributed by atoms with Crippen molar-refractivity contribution >= 4 is 11.7 Å². The van der Waals surface area contributed by atoms with E-state index in [1.807, 2.05) is 43.6 Å². The Kier molecular flexibility index (Phi) is 5.71. The highest BCUT2D eigenvalue weighted by Crippen LogP contribution is 2.25. The molecule has 1 aromatic carbocycles. The van der Waals surface area contributed by atoms with Crippen LogP contribution in [0.2, 0.25) is 0 Å². The van der Waals surface area contributed by atoms with Crippen molar-refractivity contribution in [3.63, 3.8) is 0 Å². The number of nitrogens with one attached hydrogen (secondary N) is 2. The Morgan fingerprint density at radius 1 is 1.28 bits per heavy atom. The van der Waals surface area contributed by atoms with Crippen LogP contribution in [0.5, 0.6) is 0 Å². The van der Waals surface area contributed by atoms with Gasteiger partial charge in [0.1, 0.15) is 5.69 Å². The van der Waals surface area contributed by atoms with Crippen molar-refractivity contribution in [2.45, 2.75) is 32.2 Å². The number of carbonyl (C=O) groups excluding carboxylic acids is 1. The standard InChI is InChI=1S/C19H27N5O/c1-15-8-6-7-12-24(15)13-11-20-19(25)21-17-14-23(2)22-18(17)16-9-4-3-5-10-16/h3-5,9-10,14-15H,6-8,11-13H2,1-2H3,(H2,20,21,25)/t15-/m0/s1. The number of anilines is 1. The largest absolute Gasteiger partial charge is 0.337 e. The lowest BCUT2D eigenvalue weighted by Crippen LogP contribution is -2.43. The molecule has 3 rings (SSSR count). The van der Waals surface area contributed by atoms with Gasteiger partial charge >= 0.3 is 6.03 Å². The van der Waals surface area contributed by atoms with Crippen LogP contribution in [0.15, 0.2) is 36.5 Å². The number of likely N-dealkylation sites (tertiary alicyclic amines) is 1. The molecule has 2 amide bonds. The molecule has 1 aromatic heterocycles. The molecule has 134 valence electrons. The van der Waals surface area contributed by atoms with Crippen LogP contribution in [-0.2, 0) is 7.05 Å². The summed E-state index contributed by atoms with van der Waals surface area (Å²) < 4.78 is 1.72. The number of carbonyl (C=O) groups is 1. The smallest absolute Gasteiger partial charge is 0.319 e. The fourth-order valence-corrected chi connectivity index (χ4v) is 3.36. The monoisotopic (exact) mass is 341 g/mol. The van der Waals surface area contributed by atoms with E-state index in [2.05, 4.69) is 27.6 Å². The Hall–Kier alpha value is -2.34. The maximum atomic E-state index is 12.3. The maximum Gasteiger partial charge on any atom is 0.319 e. The molecule has 2 heterocycles. The van der Waals surface area contributed by atoms with Crippen molar-refractivity contribution in [3.05, 3.63) is 36.5 Å². The normalized spacial score (nSPS) is 18.1. The van der Waals surface area contributed by atoms with Gasteiger partial charge in [-0.05, 0) is 26.3 Å². The topological polar surface area (TPSA) is 62.2 Å². The molecule has 1 saturated heterocycles. The van der Waals surface area contributed by atoms with Crippen molar-refractivity contribution in [2.24, 2.45) is 7.05 Å². The first-order valence-electron chi connectivity index (χ1n) is 9.01. The first kappa shape index (κ1) is 17.5. The van der Waals surface area contributed by atoms with Crippen molar-refractivity contribution in [1.29, 1.82) is 0 Å².